The van der Waals surface area contributed by atoms with Gasteiger partial charge >= 0.3 is 0 Å². The van der Waals surface area contributed by atoms with Gasteiger partial charge in [-0.1, -0.05) is 23.9 Å². The van der Waals surface area contributed by atoms with Crippen LogP contribution in [0, 0.1) is 0 Å². The van der Waals surface area contributed by atoms with Gasteiger partial charge in [0.15, 0.2) is 5.16 Å². The fraction of sp³-hybridized carbons (Fsp3) is 0.591. The van der Waals surface area contributed by atoms with E-state index in [2.05, 4.69) is 32.6 Å². The molecule has 1 aromatic heterocycles. The molecule has 1 saturated heterocycles. The number of nitrogens with zero attached hydrogens (tertiary/aromatic N) is 4. The summed E-state index contributed by atoms with van der Waals surface area (Å²) in [4.78, 5) is 34.7. The van der Waals surface area contributed by atoms with E-state index in [1.165, 1.54) is 11.8 Å². The largest absolute Gasteiger partial charge is 0.342 e. The lowest BCUT2D eigenvalue weighted by atomic mass is 10.2. The molecular weight excluding hydrogens is 384 g/mol. The quantitative estimate of drug-likeness (QED) is 0.488. The number of carbonyl (C=O) groups excluding carboxylic acids is 1. The molecule has 0 unspecified atom stereocenters. The molecule has 0 saturated carbocycles. The van der Waals surface area contributed by atoms with Crippen molar-refractivity contribution >= 4 is 28.6 Å². The second-order valence-electron chi connectivity index (χ2n) is 8.17. The zero-order valence-corrected chi connectivity index (χ0v) is 18.7. The van der Waals surface area contributed by atoms with Gasteiger partial charge in [-0.15, -0.1) is 0 Å². The Hall–Kier alpha value is -1.86. The molecule has 0 spiro atoms. The molecule has 1 aliphatic heterocycles. The molecule has 0 bridgehead atoms. The van der Waals surface area contributed by atoms with Crippen LogP contribution in [0.3, 0.4) is 0 Å². The lowest BCUT2D eigenvalue weighted by molar-refractivity contribution is -0.127. The molecule has 158 valence electrons. The van der Waals surface area contributed by atoms with Crippen molar-refractivity contribution < 1.29 is 4.79 Å². The van der Waals surface area contributed by atoms with Gasteiger partial charge in [0.1, 0.15) is 0 Å². The summed E-state index contributed by atoms with van der Waals surface area (Å²) in [6.45, 7) is 11.7. The van der Waals surface area contributed by atoms with Crippen LogP contribution >= 0.6 is 11.8 Å². The standard InChI is InChI=1S/C22H32N4O2S/c1-16(2)25(17(3)4)13-14-26-21(28)18-9-5-6-10-19(18)23-22(26)29-15-20(27)24-11-7-8-12-24/h5-6,9-10,16-17H,7-8,11-15H2,1-4H3. The van der Waals surface area contributed by atoms with Gasteiger partial charge in [0.25, 0.3) is 5.56 Å². The van der Waals surface area contributed by atoms with E-state index in [4.69, 9.17) is 4.98 Å². The van der Waals surface area contributed by atoms with E-state index < -0.39 is 0 Å². The maximum Gasteiger partial charge on any atom is 0.262 e. The van der Waals surface area contributed by atoms with Crippen molar-refractivity contribution in [1.29, 1.82) is 0 Å². The Balaban J connectivity index is 1.86. The maximum atomic E-state index is 13.2. The molecule has 1 aliphatic rings. The first kappa shape index (κ1) is 21.8. The molecule has 1 aromatic carbocycles. The Morgan fingerprint density at radius 1 is 1.14 bits per heavy atom. The second-order valence-corrected chi connectivity index (χ2v) is 9.11. The number of likely N-dealkylation sites (tertiary alicyclic amines) is 1. The van der Waals surface area contributed by atoms with Crippen LogP contribution in [-0.4, -0.2) is 62.7 Å². The number of thioether (sulfide) groups is 1. The Bertz CT molecular complexity index is 895. The monoisotopic (exact) mass is 416 g/mol. The number of fused-ring (bicyclic) bond motifs is 1. The highest BCUT2D eigenvalue weighted by molar-refractivity contribution is 7.99. The van der Waals surface area contributed by atoms with Gasteiger partial charge in [-0.2, -0.15) is 0 Å². The number of rotatable bonds is 8. The zero-order valence-electron chi connectivity index (χ0n) is 17.9. The van der Waals surface area contributed by atoms with Crippen molar-refractivity contribution in [2.45, 2.75) is 64.3 Å². The first-order chi connectivity index (χ1) is 13.9. The summed E-state index contributed by atoms with van der Waals surface area (Å²) in [6, 6.07) is 8.24. The molecule has 7 heteroatoms. The summed E-state index contributed by atoms with van der Waals surface area (Å²) in [6.07, 6.45) is 2.16. The third-order valence-corrected chi connectivity index (χ3v) is 6.48. The van der Waals surface area contributed by atoms with Crippen LogP contribution in [0.25, 0.3) is 10.9 Å². The van der Waals surface area contributed by atoms with Crippen molar-refractivity contribution in [1.82, 2.24) is 19.4 Å². The van der Waals surface area contributed by atoms with Crippen LogP contribution in [0.15, 0.2) is 34.2 Å². The van der Waals surface area contributed by atoms with Crippen molar-refractivity contribution in [2.75, 3.05) is 25.4 Å². The Morgan fingerprint density at radius 2 is 1.79 bits per heavy atom. The third kappa shape index (κ3) is 5.20. The van der Waals surface area contributed by atoms with Crippen LogP contribution in [0.2, 0.25) is 0 Å². The Morgan fingerprint density at radius 3 is 2.45 bits per heavy atom. The number of aromatic nitrogens is 2. The second kappa shape index (κ2) is 9.76. The van der Waals surface area contributed by atoms with Crippen LogP contribution in [0.4, 0.5) is 0 Å². The molecule has 3 rings (SSSR count). The third-order valence-electron chi connectivity index (χ3n) is 5.52. The minimum absolute atomic E-state index is 0.0285. The molecule has 0 radical (unpaired) electrons. The number of hydrogen-bond acceptors (Lipinski definition) is 5. The molecule has 29 heavy (non-hydrogen) atoms. The number of hydrogen-bond donors (Lipinski definition) is 0. The van der Waals surface area contributed by atoms with Gasteiger partial charge in [-0.05, 0) is 52.7 Å². The van der Waals surface area contributed by atoms with Crippen molar-refractivity contribution in [3.8, 4) is 0 Å². The van der Waals surface area contributed by atoms with Crippen LogP contribution in [-0.2, 0) is 11.3 Å². The fourth-order valence-electron chi connectivity index (χ4n) is 3.97. The summed E-state index contributed by atoms with van der Waals surface area (Å²) in [7, 11) is 0. The van der Waals surface area contributed by atoms with Crippen molar-refractivity contribution in [3.63, 3.8) is 0 Å². The average Bonchev–Trinajstić information content (AvgIpc) is 3.22. The molecule has 0 aliphatic carbocycles. The SMILES string of the molecule is CC(C)N(CCn1c(SCC(=O)N2CCCC2)nc2ccccc2c1=O)C(C)C. The molecular formula is C22H32N4O2S. The number of carbonyl (C=O) groups is 1. The fourth-order valence-corrected chi connectivity index (χ4v) is 4.90. The van der Waals surface area contributed by atoms with Crippen molar-refractivity contribution in [3.05, 3.63) is 34.6 Å². The van der Waals surface area contributed by atoms with E-state index in [1.54, 1.807) is 4.57 Å². The molecule has 0 N–H and O–H groups in total. The van der Waals surface area contributed by atoms with E-state index in [1.807, 2.05) is 29.2 Å². The van der Waals surface area contributed by atoms with Gasteiger partial charge in [0, 0.05) is 38.3 Å². The van der Waals surface area contributed by atoms with E-state index in [9.17, 15) is 9.59 Å². The van der Waals surface area contributed by atoms with Crippen LogP contribution < -0.4 is 5.56 Å². The highest BCUT2D eigenvalue weighted by Crippen LogP contribution is 2.20. The van der Waals surface area contributed by atoms with E-state index >= 15 is 0 Å². The van der Waals surface area contributed by atoms with E-state index in [-0.39, 0.29) is 11.5 Å². The lowest BCUT2D eigenvalue weighted by Crippen LogP contribution is -2.40. The Kier molecular flexibility index (Phi) is 7.35. The minimum Gasteiger partial charge on any atom is -0.342 e. The molecule has 2 aromatic rings. The first-order valence-electron chi connectivity index (χ1n) is 10.5. The van der Waals surface area contributed by atoms with Gasteiger partial charge < -0.3 is 4.90 Å². The lowest BCUT2D eigenvalue weighted by Gasteiger charge is -2.30. The topological polar surface area (TPSA) is 58.4 Å². The smallest absolute Gasteiger partial charge is 0.262 e. The highest BCUT2D eigenvalue weighted by atomic mass is 32.2. The van der Waals surface area contributed by atoms with Gasteiger partial charge in [0.05, 0.1) is 16.7 Å². The van der Waals surface area contributed by atoms with Gasteiger partial charge in [-0.25, -0.2) is 4.98 Å². The predicted octanol–water partition coefficient (Wildman–Crippen LogP) is 3.23. The minimum atomic E-state index is -0.0285. The van der Waals surface area contributed by atoms with E-state index in [0.29, 0.717) is 40.4 Å². The Labute approximate surface area is 177 Å². The van der Waals surface area contributed by atoms with E-state index in [0.717, 1.165) is 32.5 Å². The number of benzene rings is 1. The number of para-hydroxylation sites is 1. The maximum absolute atomic E-state index is 13.2. The summed E-state index contributed by atoms with van der Waals surface area (Å²) in [5.74, 6) is 0.454. The molecule has 1 amide bonds. The van der Waals surface area contributed by atoms with Crippen molar-refractivity contribution in [2.24, 2.45) is 0 Å². The molecule has 1 fully saturated rings. The van der Waals surface area contributed by atoms with Gasteiger partial charge in [0.2, 0.25) is 5.91 Å². The molecule has 6 nitrogen and oxygen atoms in total. The normalized spacial score (nSPS) is 14.7. The first-order valence-corrected chi connectivity index (χ1v) is 11.5. The molecule has 0 atom stereocenters. The summed E-state index contributed by atoms with van der Waals surface area (Å²) < 4.78 is 1.75. The van der Waals surface area contributed by atoms with Gasteiger partial charge in [-0.3, -0.25) is 19.1 Å². The highest BCUT2D eigenvalue weighted by Gasteiger charge is 2.20. The molecule has 2 heterocycles. The average molecular weight is 417 g/mol. The summed E-state index contributed by atoms with van der Waals surface area (Å²) in [5, 5.41) is 1.26. The summed E-state index contributed by atoms with van der Waals surface area (Å²) in [5.41, 5.74) is 0.661. The zero-order chi connectivity index (χ0) is 21.0. The van der Waals surface area contributed by atoms with Crippen LogP contribution in [0.1, 0.15) is 40.5 Å². The predicted molar refractivity (Wildman–Crippen MR) is 120 cm³/mol. The number of amides is 1. The summed E-state index contributed by atoms with van der Waals surface area (Å²) >= 11 is 1.38. The van der Waals surface area contributed by atoms with Crippen LogP contribution in [0.5, 0.6) is 0 Å².